The minimum atomic E-state index is 0.807. The van der Waals surface area contributed by atoms with Gasteiger partial charge in [0.05, 0.1) is 0 Å². The van der Waals surface area contributed by atoms with Crippen LogP contribution in [0.15, 0.2) is 0 Å². The standard InChI is InChI=1S/C15H30N2/c1-3-10-17-11-8-15(9-12-17)16-14-6-4-13(2)5-7-14/h13-16H,3-12H2,1-2H3. The average Bonchev–Trinajstić information content (AvgIpc) is 2.35. The molecule has 100 valence electrons. The summed E-state index contributed by atoms with van der Waals surface area (Å²) < 4.78 is 0. The van der Waals surface area contributed by atoms with Crippen LogP contribution >= 0.6 is 0 Å². The third-order valence-electron chi connectivity index (χ3n) is 4.61. The predicted molar refractivity (Wildman–Crippen MR) is 74.3 cm³/mol. The second kappa shape index (κ2) is 6.75. The lowest BCUT2D eigenvalue weighted by atomic mass is 9.86. The summed E-state index contributed by atoms with van der Waals surface area (Å²) in [4.78, 5) is 2.63. The van der Waals surface area contributed by atoms with E-state index in [0.717, 1.165) is 18.0 Å². The highest BCUT2D eigenvalue weighted by Crippen LogP contribution is 2.24. The first-order chi connectivity index (χ1) is 8.28. The molecule has 17 heavy (non-hydrogen) atoms. The minimum absolute atomic E-state index is 0.807. The normalized spacial score (nSPS) is 32.8. The highest BCUT2D eigenvalue weighted by Gasteiger charge is 2.23. The van der Waals surface area contributed by atoms with Gasteiger partial charge in [0, 0.05) is 12.1 Å². The Morgan fingerprint density at radius 3 is 2.12 bits per heavy atom. The molecule has 0 amide bonds. The van der Waals surface area contributed by atoms with Crippen molar-refractivity contribution in [1.29, 1.82) is 0 Å². The van der Waals surface area contributed by atoms with E-state index in [1.54, 1.807) is 0 Å². The van der Waals surface area contributed by atoms with E-state index >= 15 is 0 Å². The van der Waals surface area contributed by atoms with Crippen LogP contribution in [0.3, 0.4) is 0 Å². The molecule has 2 nitrogen and oxygen atoms in total. The largest absolute Gasteiger partial charge is 0.311 e. The zero-order valence-corrected chi connectivity index (χ0v) is 11.8. The maximum absolute atomic E-state index is 3.91. The van der Waals surface area contributed by atoms with Crippen molar-refractivity contribution < 1.29 is 0 Å². The van der Waals surface area contributed by atoms with E-state index in [4.69, 9.17) is 0 Å². The Kier molecular flexibility index (Phi) is 5.30. The van der Waals surface area contributed by atoms with Crippen LogP contribution in [0, 0.1) is 5.92 Å². The SMILES string of the molecule is CCCN1CCC(NC2CCC(C)CC2)CC1. The summed E-state index contributed by atoms with van der Waals surface area (Å²) in [5.74, 6) is 0.972. The Hall–Kier alpha value is -0.0800. The Morgan fingerprint density at radius 1 is 0.941 bits per heavy atom. The number of nitrogens with one attached hydrogen (secondary N) is 1. The van der Waals surface area contributed by atoms with Crippen LogP contribution in [0.1, 0.15) is 58.8 Å². The highest BCUT2D eigenvalue weighted by molar-refractivity contribution is 4.83. The monoisotopic (exact) mass is 238 g/mol. The molecule has 0 atom stereocenters. The maximum atomic E-state index is 3.91. The fourth-order valence-electron chi connectivity index (χ4n) is 3.40. The van der Waals surface area contributed by atoms with E-state index in [2.05, 4.69) is 24.1 Å². The summed E-state index contributed by atoms with van der Waals surface area (Å²) in [6.45, 7) is 8.61. The lowest BCUT2D eigenvalue weighted by Gasteiger charge is -2.36. The summed E-state index contributed by atoms with van der Waals surface area (Å²) >= 11 is 0. The Labute approximate surface area is 107 Å². The van der Waals surface area contributed by atoms with Crippen molar-refractivity contribution >= 4 is 0 Å². The number of likely N-dealkylation sites (tertiary alicyclic amines) is 1. The fraction of sp³-hybridized carbons (Fsp3) is 1.00. The molecule has 1 heterocycles. The van der Waals surface area contributed by atoms with Crippen LogP contribution in [0.25, 0.3) is 0 Å². The van der Waals surface area contributed by atoms with Gasteiger partial charge in [0.25, 0.3) is 0 Å². The van der Waals surface area contributed by atoms with Crippen LogP contribution in [0.5, 0.6) is 0 Å². The van der Waals surface area contributed by atoms with Gasteiger partial charge in [-0.1, -0.05) is 13.8 Å². The Morgan fingerprint density at radius 2 is 1.53 bits per heavy atom. The maximum Gasteiger partial charge on any atom is 0.00940 e. The molecule has 0 spiro atoms. The molecule has 0 aromatic rings. The molecule has 0 bridgehead atoms. The van der Waals surface area contributed by atoms with E-state index in [0.29, 0.717) is 0 Å². The number of nitrogens with zero attached hydrogens (tertiary/aromatic N) is 1. The number of hydrogen-bond acceptors (Lipinski definition) is 2. The molecule has 0 aromatic heterocycles. The average molecular weight is 238 g/mol. The van der Waals surface area contributed by atoms with Gasteiger partial charge >= 0.3 is 0 Å². The van der Waals surface area contributed by atoms with Crippen molar-refractivity contribution in [3.63, 3.8) is 0 Å². The van der Waals surface area contributed by atoms with E-state index in [9.17, 15) is 0 Å². The summed E-state index contributed by atoms with van der Waals surface area (Å²) in [5.41, 5.74) is 0. The van der Waals surface area contributed by atoms with Crippen molar-refractivity contribution in [2.75, 3.05) is 19.6 Å². The van der Waals surface area contributed by atoms with Crippen LogP contribution in [0.4, 0.5) is 0 Å². The zero-order valence-electron chi connectivity index (χ0n) is 11.8. The second-order valence-corrected chi connectivity index (χ2v) is 6.24. The van der Waals surface area contributed by atoms with Crippen LogP contribution < -0.4 is 5.32 Å². The highest BCUT2D eigenvalue weighted by atomic mass is 15.1. The second-order valence-electron chi connectivity index (χ2n) is 6.24. The summed E-state index contributed by atoms with van der Waals surface area (Å²) in [6.07, 6.45) is 9.74. The Bertz CT molecular complexity index is 201. The fourth-order valence-corrected chi connectivity index (χ4v) is 3.40. The minimum Gasteiger partial charge on any atom is -0.311 e. The van der Waals surface area contributed by atoms with Crippen LogP contribution in [-0.4, -0.2) is 36.6 Å². The third kappa shape index (κ3) is 4.26. The van der Waals surface area contributed by atoms with Crippen LogP contribution in [0.2, 0.25) is 0 Å². The molecular formula is C15H30N2. The first-order valence-corrected chi connectivity index (χ1v) is 7.76. The van der Waals surface area contributed by atoms with Gasteiger partial charge in [-0.25, -0.2) is 0 Å². The molecule has 2 aliphatic rings. The van der Waals surface area contributed by atoms with E-state index < -0.39 is 0 Å². The van der Waals surface area contributed by atoms with Crippen molar-refractivity contribution in [3.8, 4) is 0 Å². The van der Waals surface area contributed by atoms with Crippen molar-refractivity contribution in [3.05, 3.63) is 0 Å². The Balaban J connectivity index is 1.64. The van der Waals surface area contributed by atoms with Gasteiger partial charge in [-0.2, -0.15) is 0 Å². The van der Waals surface area contributed by atoms with Gasteiger partial charge in [-0.05, 0) is 70.5 Å². The molecule has 0 aromatic carbocycles. The molecule has 1 aliphatic carbocycles. The number of piperidine rings is 1. The van der Waals surface area contributed by atoms with E-state index in [1.807, 2.05) is 0 Å². The summed E-state index contributed by atoms with van der Waals surface area (Å²) in [6, 6.07) is 1.63. The van der Waals surface area contributed by atoms with Gasteiger partial charge in [-0.3, -0.25) is 0 Å². The van der Waals surface area contributed by atoms with Gasteiger partial charge in [0.1, 0.15) is 0 Å². The van der Waals surface area contributed by atoms with Crippen molar-refractivity contribution in [2.45, 2.75) is 70.9 Å². The number of hydrogen-bond donors (Lipinski definition) is 1. The first kappa shape index (κ1) is 13.4. The molecule has 2 rings (SSSR count). The quantitative estimate of drug-likeness (QED) is 0.810. The zero-order chi connectivity index (χ0) is 12.1. The van der Waals surface area contributed by atoms with Crippen molar-refractivity contribution in [1.82, 2.24) is 10.2 Å². The molecule has 2 fully saturated rings. The van der Waals surface area contributed by atoms with Gasteiger partial charge < -0.3 is 10.2 Å². The van der Waals surface area contributed by atoms with Gasteiger partial charge in [-0.15, -0.1) is 0 Å². The molecule has 1 aliphatic heterocycles. The van der Waals surface area contributed by atoms with Crippen LogP contribution in [-0.2, 0) is 0 Å². The topological polar surface area (TPSA) is 15.3 Å². The van der Waals surface area contributed by atoms with E-state index in [-0.39, 0.29) is 0 Å². The summed E-state index contributed by atoms with van der Waals surface area (Å²) in [5, 5.41) is 3.91. The molecule has 2 heteroatoms. The third-order valence-corrected chi connectivity index (χ3v) is 4.61. The van der Waals surface area contributed by atoms with Crippen molar-refractivity contribution in [2.24, 2.45) is 5.92 Å². The smallest absolute Gasteiger partial charge is 0.00940 e. The predicted octanol–water partition coefficient (Wildman–Crippen LogP) is 3.03. The molecule has 0 unspecified atom stereocenters. The molecule has 1 N–H and O–H groups in total. The molecular weight excluding hydrogens is 208 g/mol. The first-order valence-electron chi connectivity index (χ1n) is 7.76. The molecule has 1 saturated heterocycles. The van der Waals surface area contributed by atoms with Gasteiger partial charge in [0.15, 0.2) is 0 Å². The molecule has 0 radical (unpaired) electrons. The summed E-state index contributed by atoms with van der Waals surface area (Å²) in [7, 11) is 0. The number of rotatable bonds is 4. The van der Waals surface area contributed by atoms with Gasteiger partial charge in [0.2, 0.25) is 0 Å². The van der Waals surface area contributed by atoms with E-state index in [1.165, 1.54) is 64.6 Å². The lowest BCUT2D eigenvalue weighted by Crippen LogP contribution is -2.47. The lowest BCUT2D eigenvalue weighted by molar-refractivity contribution is 0.180. The molecule has 1 saturated carbocycles.